The van der Waals surface area contributed by atoms with Crippen LogP contribution in [0.4, 0.5) is 0 Å². The van der Waals surface area contributed by atoms with Gasteiger partial charge in [-0.1, -0.05) is 78.4 Å². The van der Waals surface area contributed by atoms with Gasteiger partial charge in [-0.3, -0.25) is 4.79 Å². The van der Waals surface area contributed by atoms with Gasteiger partial charge < -0.3 is 5.11 Å². The number of hydrogen-bond acceptors (Lipinski definition) is 3. The number of carboxylic acids is 1. The number of hydrogen-bond donors (Lipinski definition) is 1. The first kappa shape index (κ1) is 21.7. The van der Waals surface area contributed by atoms with Crippen LogP contribution in [0.15, 0.2) is 89.8 Å². The Morgan fingerprint density at radius 2 is 1.40 bits per heavy atom. The van der Waals surface area contributed by atoms with Crippen LogP contribution in [0, 0.1) is 6.92 Å². The Morgan fingerprint density at radius 3 is 1.93 bits per heavy atom. The Hall–Kier alpha value is -2.96. The van der Waals surface area contributed by atoms with E-state index in [1.54, 1.807) is 12.1 Å². The zero-order valence-electron chi connectivity index (χ0n) is 16.8. The van der Waals surface area contributed by atoms with Crippen LogP contribution in [0.1, 0.15) is 16.7 Å². The lowest BCUT2D eigenvalue weighted by atomic mass is 10.1. The van der Waals surface area contributed by atoms with E-state index in [9.17, 15) is 18.3 Å². The second kappa shape index (κ2) is 9.69. The van der Waals surface area contributed by atoms with E-state index in [1.807, 2.05) is 67.6 Å². The van der Waals surface area contributed by atoms with E-state index in [1.165, 1.54) is 12.1 Å². The molecule has 0 saturated carbocycles. The van der Waals surface area contributed by atoms with Crippen molar-refractivity contribution in [2.45, 2.75) is 30.7 Å². The van der Waals surface area contributed by atoms with Crippen molar-refractivity contribution in [1.29, 1.82) is 0 Å². The Morgan fingerprint density at radius 1 is 0.867 bits per heavy atom. The highest BCUT2D eigenvalue weighted by Crippen LogP contribution is 2.22. The summed E-state index contributed by atoms with van der Waals surface area (Å²) in [6.45, 7) is 1.95. The molecule has 0 aromatic heterocycles. The molecule has 0 bridgehead atoms. The first-order valence-corrected chi connectivity index (χ1v) is 11.2. The molecule has 0 fully saturated rings. The van der Waals surface area contributed by atoms with Gasteiger partial charge in [0.25, 0.3) is 0 Å². The van der Waals surface area contributed by atoms with Crippen LogP contribution < -0.4 is 0 Å². The average molecular weight is 424 g/mol. The number of aliphatic carboxylic acids is 1. The lowest BCUT2D eigenvalue weighted by Gasteiger charge is -2.28. The molecule has 0 amide bonds. The van der Waals surface area contributed by atoms with Gasteiger partial charge in [-0.15, -0.1) is 0 Å². The number of nitrogens with zero attached hydrogens (tertiary/aromatic N) is 1. The van der Waals surface area contributed by atoms with Crippen molar-refractivity contribution >= 4 is 16.0 Å². The van der Waals surface area contributed by atoms with Crippen molar-refractivity contribution in [1.82, 2.24) is 4.31 Å². The Labute approximate surface area is 177 Å². The highest BCUT2D eigenvalue weighted by molar-refractivity contribution is 7.89. The van der Waals surface area contributed by atoms with Gasteiger partial charge in [0, 0.05) is 6.54 Å². The van der Waals surface area contributed by atoms with E-state index >= 15 is 0 Å². The van der Waals surface area contributed by atoms with Crippen LogP contribution in [0.2, 0.25) is 0 Å². The molecule has 5 nitrogen and oxygen atoms in total. The minimum Gasteiger partial charge on any atom is -0.480 e. The summed E-state index contributed by atoms with van der Waals surface area (Å²) in [4.78, 5) is 12.3. The second-order valence-corrected chi connectivity index (χ2v) is 9.10. The first-order valence-electron chi connectivity index (χ1n) is 9.77. The minimum absolute atomic E-state index is 0.0734. The number of carboxylic acid groups (broad SMARTS) is 1. The molecule has 0 unspecified atom stereocenters. The molecular formula is C24H25NO4S. The van der Waals surface area contributed by atoms with E-state index in [-0.39, 0.29) is 17.9 Å². The Bertz CT molecular complexity index is 1070. The van der Waals surface area contributed by atoms with E-state index in [0.29, 0.717) is 6.42 Å². The summed E-state index contributed by atoms with van der Waals surface area (Å²) in [6.07, 6.45) is 0.514. The van der Waals surface area contributed by atoms with Crippen molar-refractivity contribution in [2.24, 2.45) is 0 Å². The van der Waals surface area contributed by atoms with E-state index in [0.717, 1.165) is 21.0 Å². The molecule has 6 heteroatoms. The summed E-state index contributed by atoms with van der Waals surface area (Å²) in [5.41, 5.74) is 2.66. The Kier molecular flexibility index (Phi) is 7.03. The summed E-state index contributed by atoms with van der Waals surface area (Å²) in [5, 5.41) is 9.95. The standard InChI is InChI=1S/C24H25NO4S/c1-19-12-14-22(15-13-19)30(28,29)25(17-16-20-8-4-2-5-9-20)23(24(26)27)18-21-10-6-3-7-11-21/h2-15,23H,16-18H2,1H3,(H,26,27)/t23-/m0/s1. The van der Waals surface area contributed by atoms with Crippen molar-refractivity contribution in [2.75, 3.05) is 6.54 Å². The van der Waals surface area contributed by atoms with Crippen LogP contribution in [0.5, 0.6) is 0 Å². The monoisotopic (exact) mass is 423 g/mol. The van der Waals surface area contributed by atoms with Crippen LogP contribution in [-0.4, -0.2) is 36.4 Å². The number of benzene rings is 3. The van der Waals surface area contributed by atoms with Gasteiger partial charge in [0.05, 0.1) is 4.90 Å². The molecule has 0 aliphatic rings. The molecule has 3 aromatic rings. The van der Waals surface area contributed by atoms with Gasteiger partial charge in [0.15, 0.2) is 0 Å². The zero-order chi connectivity index (χ0) is 21.6. The third-order valence-corrected chi connectivity index (χ3v) is 6.92. The van der Waals surface area contributed by atoms with Gasteiger partial charge in [-0.05, 0) is 43.0 Å². The van der Waals surface area contributed by atoms with E-state index in [2.05, 4.69) is 0 Å². The van der Waals surface area contributed by atoms with Crippen molar-refractivity contribution in [3.8, 4) is 0 Å². The number of carbonyl (C=O) groups is 1. The third-order valence-electron chi connectivity index (χ3n) is 5.00. The molecule has 3 aromatic carbocycles. The predicted molar refractivity (Wildman–Crippen MR) is 117 cm³/mol. The van der Waals surface area contributed by atoms with E-state index < -0.39 is 22.0 Å². The minimum atomic E-state index is -4.00. The fraction of sp³-hybridized carbons (Fsp3) is 0.208. The topological polar surface area (TPSA) is 74.7 Å². The number of rotatable bonds is 9. The molecule has 0 aliphatic heterocycles. The Balaban J connectivity index is 1.97. The highest BCUT2D eigenvalue weighted by atomic mass is 32.2. The van der Waals surface area contributed by atoms with Gasteiger partial charge in [0.1, 0.15) is 6.04 Å². The van der Waals surface area contributed by atoms with Crippen molar-refractivity contribution in [3.05, 3.63) is 102 Å². The third kappa shape index (κ3) is 5.34. The van der Waals surface area contributed by atoms with Crippen LogP contribution in [-0.2, 0) is 27.7 Å². The van der Waals surface area contributed by atoms with Crippen LogP contribution >= 0.6 is 0 Å². The quantitative estimate of drug-likeness (QED) is 0.566. The first-order chi connectivity index (χ1) is 14.4. The maximum absolute atomic E-state index is 13.5. The second-order valence-electron chi connectivity index (χ2n) is 7.21. The maximum Gasteiger partial charge on any atom is 0.322 e. The molecule has 1 atom stereocenters. The average Bonchev–Trinajstić information content (AvgIpc) is 2.74. The van der Waals surface area contributed by atoms with Gasteiger partial charge >= 0.3 is 5.97 Å². The normalized spacial score (nSPS) is 12.6. The van der Waals surface area contributed by atoms with Gasteiger partial charge in [0.2, 0.25) is 10.0 Å². The molecule has 3 rings (SSSR count). The molecule has 0 spiro atoms. The summed E-state index contributed by atoms with van der Waals surface area (Å²) >= 11 is 0. The molecule has 0 heterocycles. The largest absolute Gasteiger partial charge is 0.480 e. The summed E-state index contributed by atoms with van der Waals surface area (Å²) in [5.74, 6) is -1.16. The molecule has 1 N–H and O–H groups in total. The lowest BCUT2D eigenvalue weighted by molar-refractivity contribution is -0.141. The van der Waals surface area contributed by atoms with Crippen molar-refractivity contribution in [3.63, 3.8) is 0 Å². The van der Waals surface area contributed by atoms with Crippen LogP contribution in [0.25, 0.3) is 0 Å². The molecule has 30 heavy (non-hydrogen) atoms. The summed E-state index contributed by atoms with van der Waals surface area (Å²) in [6, 6.07) is 23.8. The smallest absolute Gasteiger partial charge is 0.322 e. The summed E-state index contributed by atoms with van der Waals surface area (Å²) in [7, 11) is -4.00. The molecule has 0 radical (unpaired) electrons. The maximum atomic E-state index is 13.5. The lowest BCUT2D eigenvalue weighted by Crippen LogP contribution is -2.47. The van der Waals surface area contributed by atoms with Crippen LogP contribution in [0.3, 0.4) is 0 Å². The fourth-order valence-electron chi connectivity index (χ4n) is 3.32. The van der Waals surface area contributed by atoms with Crippen molar-refractivity contribution < 1.29 is 18.3 Å². The fourth-order valence-corrected chi connectivity index (χ4v) is 4.90. The highest BCUT2D eigenvalue weighted by Gasteiger charge is 2.35. The molecule has 0 saturated heterocycles. The number of sulfonamides is 1. The SMILES string of the molecule is Cc1ccc(S(=O)(=O)N(CCc2ccccc2)[C@@H](Cc2ccccc2)C(=O)O)cc1. The molecule has 156 valence electrons. The van der Waals surface area contributed by atoms with Gasteiger partial charge in [-0.2, -0.15) is 4.31 Å². The predicted octanol–water partition coefficient (Wildman–Crippen LogP) is 3.92. The molecular weight excluding hydrogens is 398 g/mol. The number of aryl methyl sites for hydroxylation is 1. The molecule has 0 aliphatic carbocycles. The zero-order valence-corrected chi connectivity index (χ0v) is 17.6. The summed E-state index contributed by atoms with van der Waals surface area (Å²) < 4.78 is 28.1. The van der Waals surface area contributed by atoms with Gasteiger partial charge in [-0.25, -0.2) is 8.42 Å². The van der Waals surface area contributed by atoms with E-state index in [4.69, 9.17) is 0 Å².